The fraction of sp³-hybridized carbons (Fsp3) is 0.667. The molecule has 2 nitrogen and oxygen atoms in total. The van der Waals surface area contributed by atoms with Crippen LogP contribution in [0.2, 0.25) is 0 Å². The molecule has 2 heteroatoms. The van der Waals surface area contributed by atoms with Gasteiger partial charge in [0.1, 0.15) is 0 Å². The minimum atomic E-state index is -0.358. The second-order valence-corrected chi connectivity index (χ2v) is 7.11. The minimum Gasteiger partial charge on any atom is -0.388 e. The molecule has 0 radical (unpaired) electrons. The topological polar surface area (TPSA) is 29.5 Å². The molecule has 0 aliphatic carbocycles. The van der Waals surface area contributed by atoms with Gasteiger partial charge in [-0.25, -0.2) is 0 Å². The van der Waals surface area contributed by atoms with Crippen molar-refractivity contribution in [1.82, 2.24) is 0 Å². The first-order chi connectivity index (χ1) is 9.31. The summed E-state index contributed by atoms with van der Waals surface area (Å²) >= 11 is 0. The van der Waals surface area contributed by atoms with Crippen molar-refractivity contribution < 1.29 is 9.84 Å². The summed E-state index contributed by atoms with van der Waals surface area (Å²) < 4.78 is 5.07. The molecule has 0 fully saturated rings. The second kappa shape index (κ2) is 7.80. The molecule has 0 aromatic heterocycles. The van der Waals surface area contributed by atoms with Crippen molar-refractivity contribution in [3.8, 4) is 0 Å². The van der Waals surface area contributed by atoms with Crippen molar-refractivity contribution in [2.45, 2.75) is 53.1 Å². The van der Waals surface area contributed by atoms with Crippen LogP contribution in [0, 0.1) is 11.3 Å². The highest BCUT2D eigenvalue weighted by Crippen LogP contribution is 2.30. The predicted molar refractivity (Wildman–Crippen MR) is 84.8 cm³/mol. The van der Waals surface area contributed by atoms with E-state index in [-0.39, 0.29) is 6.10 Å². The van der Waals surface area contributed by atoms with Gasteiger partial charge in [-0.1, -0.05) is 52.0 Å². The van der Waals surface area contributed by atoms with Crippen LogP contribution in [0.3, 0.4) is 0 Å². The van der Waals surface area contributed by atoms with Crippen LogP contribution in [0.1, 0.15) is 57.8 Å². The molecule has 0 aliphatic rings. The fourth-order valence-electron chi connectivity index (χ4n) is 2.77. The first kappa shape index (κ1) is 17.2. The molecule has 0 bridgehead atoms. The van der Waals surface area contributed by atoms with E-state index < -0.39 is 0 Å². The Morgan fingerprint density at radius 1 is 1.15 bits per heavy atom. The van der Waals surface area contributed by atoms with E-state index >= 15 is 0 Å². The highest BCUT2D eigenvalue weighted by atomic mass is 16.5. The Morgan fingerprint density at radius 2 is 1.75 bits per heavy atom. The Kier molecular flexibility index (Phi) is 6.70. The zero-order valence-corrected chi connectivity index (χ0v) is 13.6. The van der Waals surface area contributed by atoms with Gasteiger partial charge in [0.05, 0.1) is 12.7 Å². The van der Waals surface area contributed by atoms with Gasteiger partial charge >= 0.3 is 0 Å². The van der Waals surface area contributed by atoms with Crippen LogP contribution in [0.5, 0.6) is 0 Å². The van der Waals surface area contributed by atoms with E-state index in [0.717, 1.165) is 31.4 Å². The van der Waals surface area contributed by atoms with Crippen molar-refractivity contribution in [2.75, 3.05) is 13.7 Å². The van der Waals surface area contributed by atoms with Crippen LogP contribution in [0.4, 0.5) is 0 Å². The molecule has 1 rings (SSSR count). The van der Waals surface area contributed by atoms with Crippen LogP contribution in [0.15, 0.2) is 24.3 Å². The van der Waals surface area contributed by atoms with Crippen molar-refractivity contribution in [3.63, 3.8) is 0 Å². The monoisotopic (exact) mass is 278 g/mol. The Hall–Kier alpha value is -0.860. The normalized spacial score (nSPS) is 15.1. The Labute approximate surface area is 124 Å². The molecule has 0 amide bonds. The summed E-state index contributed by atoms with van der Waals surface area (Å²) in [5.74, 6) is 0.526. The van der Waals surface area contributed by atoms with Gasteiger partial charge in [0.15, 0.2) is 0 Å². The van der Waals surface area contributed by atoms with Crippen LogP contribution in [-0.4, -0.2) is 18.8 Å². The van der Waals surface area contributed by atoms with Crippen molar-refractivity contribution in [2.24, 2.45) is 11.3 Å². The summed E-state index contributed by atoms with van der Waals surface area (Å²) in [6.45, 7) is 9.72. The lowest BCUT2D eigenvalue weighted by Gasteiger charge is -2.25. The molecule has 0 saturated heterocycles. The maximum absolute atomic E-state index is 10.3. The smallest absolute Gasteiger partial charge is 0.0792 e. The molecule has 20 heavy (non-hydrogen) atoms. The summed E-state index contributed by atoms with van der Waals surface area (Å²) in [7, 11) is 1.72. The lowest BCUT2D eigenvalue weighted by molar-refractivity contribution is 0.134. The maximum atomic E-state index is 10.3. The van der Waals surface area contributed by atoms with E-state index in [1.807, 2.05) is 12.1 Å². The zero-order chi connectivity index (χ0) is 15.2. The van der Waals surface area contributed by atoms with E-state index in [1.54, 1.807) is 7.11 Å². The van der Waals surface area contributed by atoms with Crippen molar-refractivity contribution in [3.05, 3.63) is 35.4 Å². The van der Waals surface area contributed by atoms with E-state index in [0.29, 0.717) is 11.3 Å². The van der Waals surface area contributed by atoms with Gasteiger partial charge in [-0.05, 0) is 41.7 Å². The van der Waals surface area contributed by atoms with Gasteiger partial charge in [0, 0.05) is 7.11 Å². The molecule has 1 aromatic carbocycles. The Bertz CT molecular complexity index is 375. The first-order valence-electron chi connectivity index (χ1n) is 7.57. The summed E-state index contributed by atoms with van der Waals surface area (Å²) in [5, 5.41) is 10.3. The molecule has 0 spiro atoms. The number of aliphatic hydroxyl groups excluding tert-OH is 1. The summed E-state index contributed by atoms with van der Waals surface area (Å²) in [6, 6.07) is 8.26. The lowest BCUT2D eigenvalue weighted by Crippen LogP contribution is -2.13. The number of ether oxygens (including phenoxy) is 1. The molecule has 2 unspecified atom stereocenters. The highest BCUT2D eigenvalue weighted by Gasteiger charge is 2.18. The number of aliphatic hydroxyl groups is 1. The molecule has 0 aliphatic heterocycles. The van der Waals surface area contributed by atoms with Gasteiger partial charge in [-0.15, -0.1) is 0 Å². The van der Waals surface area contributed by atoms with E-state index in [4.69, 9.17) is 4.74 Å². The third kappa shape index (κ3) is 6.53. The highest BCUT2D eigenvalue weighted by molar-refractivity contribution is 5.24. The zero-order valence-electron chi connectivity index (χ0n) is 13.6. The molecular weight excluding hydrogens is 248 g/mol. The standard InChI is InChI=1S/C18H30O2/c1-14(13-18(2,3)4)12-17(19)16-8-6-15(7-9-16)10-11-20-5/h6-9,14,17,19H,10-13H2,1-5H3. The lowest BCUT2D eigenvalue weighted by atomic mass is 9.82. The summed E-state index contributed by atoms with van der Waals surface area (Å²) in [6.07, 6.45) is 2.53. The minimum absolute atomic E-state index is 0.323. The van der Waals surface area contributed by atoms with Gasteiger partial charge < -0.3 is 9.84 Å². The average molecular weight is 278 g/mol. The van der Waals surface area contributed by atoms with Crippen LogP contribution < -0.4 is 0 Å². The Balaban J connectivity index is 2.52. The van der Waals surface area contributed by atoms with Crippen LogP contribution in [-0.2, 0) is 11.2 Å². The van der Waals surface area contributed by atoms with Crippen molar-refractivity contribution in [1.29, 1.82) is 0 Å². The largest absolute Gasteiger partial charge is 0.388 e. The average Bonchev–Trinajstić information content (AvgIpc) is 2.34. The molecule has 2 atom stereocenters. The van der Waals surface area contributed by atoms with Gasteiger partial charge in [-0.2, -0.15) is 0 Å². The van der Waals surface area contributed by atoms with E-state index in [2.05, 4.69) is 39.8 Å². The molecule has 1 N–H and O–H groups in total. The second-order valence-electron chi connectivity index (χ2n) is 7.11. The van der Waals surface area contributed by atoms with Gasteiger partial charge in [0.2, 0.25) is 0 Å². The third-order valence-corrected chi connectivity index (χ3v) is 3.55. The molecule has 114 valence electrons. The molecule has 0 heterocycles. The molecule has 1 aromatic rings. The van der Waals surface area contributed by atoms with Gasteiger partial charge in [0.25, 0.3) is 0 Å². The summed E-state index contributed by atoms with van der Waals surface area (Å²) in [4.78, 5) is 0. The number of rotatable bonds is 7. The number of hydrogen-bond donors (Lipinski definition) is 1. The van der Waals surface area contributed by atoms with Crippen LogP contribution in [0.25, 0.3) is 0 Å². The summed E-state index contributed by atoms with van der Waals surface area (Å²) in [5.41, 5.74) is 2.60. The molecular formula is C18H30O2. The predicted octanol–water partition coefficient (Wildman–Crippen LogP) is 4.37. The third-order valence-electron chi connectivity index (χ3n) is 3.55. The van der Waals surface area contributed by atoms with Crippen LogP contribution >= 0.6 is 0 Å². The molecule has 0 saturated carbocycles. The fourth-order valence-corrected chi connectivity index (χ4v) is 2.77. The SMILES string of the molecule is COCCc1ccc(C(O)CC(C)CC(C)(C)C)cc1. The van der Waals surface area contributed by atoms with E-state index in [1.165, 1.54) is 5.56 Å². The number of hydrogen-bond acceptors (Lipinski definition) is 2. The Morgan fingerprint density at radius 3 is 2.25 bits per heavy atom. The first-order valence-corrected chi connectivity index (χ1v) is 7.57. The maximum Gasteiger partial charge on any atom is 0.0792 e. The van der Waals surface area contributed by atoms with E-state index in [9.17, 15) is 5.11 Å². The quantitative estimate of drug-likeness (QED) is 0.802. The van der Waals surface area contributed by atoms with Crippen molar-refractivity contribution >= 4 is 0 Å². The number of benzene rings is 1. The number of methoxy groups -OCH3 is 1. The van der Waals surface area contributed by atoms with Gasteiger partial charge in [-0.3, -0.25) is 0 Å².